The number of piperidine rings is 1. The number of nitrogens with zero attached hydrogens (tertiary/aromatic N) is 1. The maximum atomic E-state index is 12.3. The van der Waals surface area contributed by atoms with E-state index in [2.05, 4.69) is 5.32 Å². The van der Waals surface area contributed by atoms with Crippen molar-refractivity contribution in [3.63, 3.8) is 0 Å². The van der Waals surface area contributed by atoms with Crippen LogP contribution in [-0.2, 0) is 23.8 Å². The fourth-order valence-electron chi connectivity index (χ4n) is 2.75. The topological polar surface area (TPSA) is 77.1 Å². The summed E-state index contributed by atoms with van der Waals surface area (Å²) in [6.45, 7) is 2.71. The van der Waals surface area contributed by atoms with Gasteiger partial charge in [-0.15, -0.1) is 0 Å². The maximum absolute atomic E-state index is 12.3. The second kappa shape index (κ2) is 5.07. The number of morpholine rings is 1. The fraction of sp³-hybridized carbons (Fsp3) is 0.833. The number of likely N-dealkylation sites (tertiary alicyclic amines) is 1. The molecule has 0 bridgehead atoms. The molecule has 1 spiro atoms. The van der Waals surface area contributed by atoms with Crippen molar-refractivity contribution in [1.29, 1.82) is 0 Å². The molecule has 3 rings (SSSR count). The molecule has 0 aromatic carbocycles. The molecule has 7 heteroatoms. The van der Waals surface area contributed by atoms with Gasteiger partial charge in [-0.05, 0) is 0 Å². The number of hydrogen-bond acceptors (Lipinski definition) is 5. The molecule has 3 aliphatic heterocycles. The Morgan fingerprint density at radius 3 is 2.58 bits per heavy atom. The summed E-state index contributed by atoms with van der Waals surface area (Å²) in [5.74, 6) is -0.801. The Kier molecular flexibility index (Phi) is 3.42. The lowest BCUT2D eigenvalue weighted by atomic mass is 10.0. The molecule has 3 fully saturated rings. The van der Waals surface area contributed by atoms with Crippen molar-refractivity contribution in [2.45, 2.75) is 24.7 Å². The normalized spacial score (nSPS) is 30.4. The van der Waals surface area contributed by atoms with Crippen molar-refractivity contribution in [3.8, 4) is 0 Å². The number of carbonyl (C=O) groups excluding carboxylic acids is 2. The van der Waals surface area contributed by atoms with Crippen LogP contribution in [0.15, 0.2) is 0 Å². The highest BCUT2D eigenvalue weighted by Gasteiger charge is 2.42. The average molecular weight is 270 g/mol. The van der Waals surface area contributed by atoms with Crippen LogP contribution in [0.1, 0.15) is 12.8 Å². The third-order valence-electron chi connectivity index (χ3n) is 3.80. The first-order chi connectivity index (χ1) is 9.19. The Morgan fingerprint density at radius 1 is 1.26 bits per heavy atom. The lowest BCUT2D eigenvalue weighted by Gasteiger charge is -2.39. The third-order valence-corrected chi connectivity index (χ3v) is 3.80. The van der Waals surface area contributed by atoms with Crippen LogP contribution in [0.4, 0.5) is 0 Å². The van der Waals surface area contributed by atoms with Crippen LogP contribution < -0.4 is 5.32 Å². The average Bonchev–Trinajstić information content (AvgIpc) is 2.87. The fourth-order valence-corrected chi connectivity index (χ4v) is 2.75. The van der Waals surface area contributed by atoms with Crippen LogP contribution in [0.3, 0.4) is 0 Å². The lowest BCUT2D eigenvalue weighted by molar-refractivity contribution is -0.188. The monoisotopic (exact) mass is 270 g/mol. The van der Waals surface area contributed by atoms with Gasteiger partial charge < -0.3 is 24.4 Å². The van der Waals surface area contributed by atoms with Crippen molar-refractivity contribution in [2.24, 2.45) is 0 Å². The van der Waals surface area contributed by atoms with E-state index in [0.29, 0.717) is 39.1 Å². The first-order valence-electron chi connectivity index (χ1n) is 6.62. The Bertz CT molecular complexity index is 370. The second-order valence-corrected chi connectivity index (χ2v) is 5.07. The summed E-state index contributed by atoms with van der Waals surface area (Å²) in [7, 11) is 0. The summed E-state index contributed by atoms with van der Waals surface area (Å²) < 4.78 is 16.3. The maximum Gasteiger partial charge on any atom is 0.247 e. The van der Waals surface area contributed by atoms with E-state index in [9.17, 15) is 9.59 Å². The smallest absolute Gasteiger partial charge is 0.247 e. The van der Waals surface area contributed by atoms with Gasteiger partial charge in [0.05, 0.1) is 19.8 Å². The molecule has 3 saturated heterocycles. The molecule has 3 heterocycles. The van der Waals surface area contributed by atoms with E-state index >= 15 is 0 Å². The minimum atomic E-state index is -0.555. The molecule has 7 nitrogen and oxygen atoms in total. The van der Waals surface area contributed by atoms with Gasteiger partial charge in [0, 0.05) is 25.9 Å². The Balaban J connectivity index is 1.55. The highest BCUT2D eigenvalue weighted by molar-refractivity contribution is 5.89. The van der Waals surface area contributed by atoms with Gasteiger partial charge in [-0.25, -0.2) is 0 Å². The number of carbonyl (C=O) groups is 2. The molecule has 19 heavy (non-hydrogen) atoms. The molecule has 106 valence electrons. The van der Waals surface area contributed by atoms with E-state index in [1.165, 1.54) is 0 Å². The molecule has 3 aliphatic rings. The van der Waals surface area contributed by atoms with Gasteiger partial charge in [0.1, 0.15) is 12.6 Å². The minimum Gasteiger partial charge on any atom is -0.369 e. The van der Waals surface area contributed by atoms with Gasteiger partial charge in [0.15, 0.2) is 5.79 Å². The Labute approximate surface area is 111 Å². The van der Waals surface area contributed by atoms with Gasteiger partial charge in [-0.3, -0.25) is 9.59 Å². The van der Waals surface area contributed by atoms with E-state index < -0.39 is 11.8 Å². The molecular formula is C12H18N2O5. The lowest BCUT2D eigenvalue weighted by Crippen LogP contribution is -2.57. The van der Waals surface area contributed by atoms with Crippen LogP contribution in [-0.4, -0.2) is 68.1 Å². The van der Waals surface area contributed by atoms with Gasteiger partial charge >= 0.3 is 0 Å². The zero-order chi connectivity index (χ0) is 13.3. The SMILES string of the molecule is O=C1COCC(C(=O)N2CCC3(CC2)OCCO3)N1. The highest BCUT2D eigenvalue weighted by atomic mass is 16.7. The van der Waals surface area contributed by atoms with E-state index in [1.807, 2.05) is 0 Å². The van der Waals surface area contributed by atoms with E-state index in [-0.39, 0.29) is 25.0 Å². The number of ether oxygens (including phenoxy) is 3. The molecule has 2 amide bonds. The predicted molar refractivity (Wildman–Crippen MR) is 63.2 cm³/mol. The Morgan fingerprint density at radius 2 is 1.95 bits per heavy atom. The first-order valence-corrected chi connectivity index (χ1v) is 6.62. The molecule has 0 aliphatic carbocycles. The minimum absolute atomic E-state index is 0.0363. The zero-order valence-electron chi connectivity index (χ0n) is 10.7. The molecule has 0 aromatic rings. The van der Waals surface area contributed by atoms with Crippen molar-refractivity contribution in [3.05, 3.63) is 0 Å². The second-order valence-electron chi connectivity index (χ2n) is 5.07. The van der Waals surface area contributed by atoms with Gasteiger partial charge in [-0.2, -0.15) is 0 Å². The largest absolute Gasteiger partial charge is 0.369 e. The van der Waals surface area contributed by atoms with E-state index in [1.54, 1.807) is 4.90 Å². The van der Waals surface area contributed by atoms with Gasteiger partial charge in [0.2, 0.25) is 11.8 Å². The number of rotatable bonds is 1. The zero-order valence-corrected chi connectivity index (χ0v) is 10.7. The van der Waals surface area contributed by atoms with Crippen molar-refractivity contribution < 1.29 is 23.8 Å². The molecule has 0 saturated carbocycles. The van der Waals surface area contributed by atoms with Crippen LogP contribution in [0.2, 0.25) is 0 Å². The van der Waals surface area contributed by atoms with Crippen LogP contribution in [0, 0.1) is 0 Å². The van der Waals surface area contributed by atoms with Crippen molar-refractivity contribution in [1.82, 2.24) is 10.2 Å². The van der Waals surface area contributed by atoms with Crippen molar-refractivity contribution in [2.75, 3.05) is 39.5 Å². The number of hydrogen-bond donors (Lipinski definition) is 1. The molecule has 1 N–H and O–H groups in total. The standard InChI is InChI=1S/C12H18N2O5/c15-10-8-17-7-9(13-10)11(16)14-3-1-12(2-4-14)18-5-6-19-12/h9H,1-8H2,(H,13,15). The predicted octanol–water partition coefficient (Wildman–Crippen LogP) is -1.13. The molecule has 0 aromatic heterocycles. The Hall–Kier alpha value is -1.18. The number of amides is 2. The molecular weight excluding hydrogens is 252 g/mol. The third kappa shape index (κ3) is 2.58. The summed E-state index contributed by atoms with van der Waals surface area (Å²) >= 11 is 0. The van der Waals surface area contributed by atoms with Crippen LogP contribution >= 0.6 is 0 Å². The van der Waals surface area contributed by atoms with Crippen LogP contribution in [0.25, 0.3) is 0 Å². The summed E-state index contributed by atoms with van der Waals surface area (Å²) in [5.41, 5.74) is 0. The molecule has 1 atom stereocenters. The van der Waals surface area contributed by atoms with Crippen molar-refractivity contribution >= 4 is 11.8 Å². The summed E-state index contributed by atoms with van der Waals surface area (Å²) in [6, 6.07) is -0.555. The highest BCUT2D eigenvalue weighted by Crippen LogP contribution is 2.31. The van der Waals surface area contributed by atoms with E-state index in [0.717, 1.165) is 0 Å². The quantitative estimate of drug-likeness (QED) is 0.652. The van der Waals surface area contributed by atoms with Crippen LogP contribution in [0.5, 0.6) is 0 Å². The molecule has 1 unspecified atom stereocenters. The van der Waals surface area contributed by atoms with Gasteiger partial charge in [0.25, 0.3) is 0 Å². The number of nitrogens with one attached hydrogen (secondary N) is 1. The van der Waals surface area contributed by atoms with E-state index in [4.69, 9.17) is 14.2 Å². The summed E-state index contributed by atoms with van der Waals surface area (Å²) in [5, 5.41) is 2.66. The summed E-state index contributed by atoms with van der Waals surface area (Å²) in [6.07, 6.45) is 1.36. The summed E-state index contributed by atoms with van der Waals surface area (Å²) in [4.78, 5) is 25.2. The first kappa shape index (κ1) is 12.8. The molecule has 0 radical (unpaired) electrons. The van der Waals surface area contributed by atoms with Gasteiger partial charge in [-0.1, -0.05) is 0 Å².